The molecule has 3 fully saturated rings. The maximum absolute atomic E-state index is 14.9. The molecule has 1 aromatic rings. The van der Waals surface area contributed by atoms with Crippen LogP contribution in [0.4, 0.5) is 4.39 Å². The molecular formula is C31H47F. The average Bonchev–Trinajstić information content (AvgIpc) is 2.83. The molecule has 0 nitrogen and oxygen atoms in total. The fourth-order valence-corrected chi connectivity index (χ4v) is 7.58. The molecule has 178 valence electrons. The minimum atomic E-state index is 0.0479. The quantitative estimate of drug-likeness (QED) is 0.354. The molecular weight excluding hydrogens is 391 g/mol. The molecule has 0 heterocycles. The first-order chi connectivity index (χ1) is 15.7. The van der Waals surface area contributed by atoms with E-state index in [1.807, 2.05) is 13.0 Å². The van der Waals surface area contributed by atoms with E-state index in [0.717, 1.165) is 53.6 Å². The molecule has 0 aromatic heterocycles. The van der Waals surface area contributed by atoms with Crippen molar-refractivity contribution in [2.24, 2.45) is 29.6 Å². The number of benzene rings is 1. The Balaban J connectivity index is 1.25. The molecule has 3 aliphatic rings. The van der Waals surface area contributed by atoms with Crippen LogP contribution in [0.5, 0.6) is 0 Å². The minimum absolute atomic E-state index is 0.0479. The van der Waals surface area contributed by atoms with E-state index in [0.29, 0.717) is 5.92 Å². The summed E-state index contributed by atoms with van der Waals surface area (Å²) in [4.78, 5) is 0. The highest BCUT2D eigenvalue weighted by molar-refractivity contribution is 5.28. The number of allylic oxidation sites excluding steroid dienone is 2. The van der Waals surface area contributed by atoms with Gasteiger partial charge in [0.05, 0.1) is 0 Å². The topological polar surface area (TPSA) is 0 Å². The highest BCUT2D eigenvalue weighted by atomic mass is 19.1. The van der Waals surface area contributed by atoms with Gasteiger partial charge in [0.15, 0.2) is 0 Å². The van der Waals surface area contributed by atoms with Gasteiger partial charge in [-0.25, -0.2) is 4.39 Å². The van der Waals surface area contributed by atoms with Crippen LogP contribution in [0.2, 0.25) is 0 Å². The summed E-state index contributed by atoms with van der Waals surface area (Å²) in [6, 6.07) is 6.09. The predicted octanol–water partition coefficient (Wildman–Crippen LogP) is 9.63. The first kappa shape index (κ1) is 24.0. The molecule has 3 saturated carbocycles. The lowest BCUT2D eigenvalue weighted by atomic mass is 9.60. The molecule has 32 heavy (non-hydrogen) atoms. The second kappa shape index (κ2) is 11.8. The van der Waals surface area contributed by atoms with Crippen molar-refractivity contribution in [2.45, 2.75) is 116 Å². The van der Waals surface area contributed by atoms with E-state index >= 15 is 0 Å². The Bertz CT molecular complexity index is 726. The molecule has 3 aliphatic carbocycles. The Kier molecular flexibility index (Phi) is 8.90. The lowest BCUT2D eigenvalue weighted by Crippen LogP contribution is -2.34. The Morgan fingerprint density at radius 2 is 1.56 bits per heavy atom. The zero-order valence-corrected chi connectivity index (χ0v) is 20.8. The summed E-state index contributed by atoms with van der Waals surface area (Å²) in [6.07, 6.45) is 24.6. The van der Waals surface area contributed by atoms with Crippen LogP contribution in [0.25, 0.3) is 0 Å². The van der Waals surface area contributed by atoms with E-state index in [9.17, 15) is 4.39 Å². The lowest BCUT2D eigenvalue weighted by Gasteiger charge is -2.45. The van der Waals surface area contributed by atoms with Crippen molar-refractivity contribution >= 4 is 0 Å². The van der Waals surface area contributed by atoms with Gasteiger partial charge >= 0.3 is 0 Å². The maximum atomic E-state index is 14.9. The third-order valence-corrected chi connectivity index (χ3v) is 9.51. The molecule has 4 atom stereocenters. The van der Waals surface area contributed by atoms with E-state index in [4.69, 9.17) is 0 Å². The van der Waals surface area contributed by atoms with Crippen molar-refractivity contribution in [3.8, 4) is 0 Å². The fraction of sp³-hybridized carbons (Fsp3) is 0.742. The van der Waals surface area contributed by atoms with Crippen LogP contribution < -0.4 is 0 Å². The molecule has 0 radical (unpaired) electrons. The molecule has 0 aliphatic heterocycles. The summed E-state index contributed by atoms with van der Waals surface area (Å²) in [7, 11) is 0. The van der Waals surface area contributed by atoms with Gasteiger partial charge in [-0.2, -0.15) is 0 Å². The predicted molar refractivity (Wildman–Crippen MR) is 135 cm³/mol. The number of unbranched alkanes of at least 4 members (excludes halogenated alkanes) is 1. The van der Waals surface area contributed by atoms with Crippen LogP contribution in [0.3, 0.4) is 0 Å². The van der Waals surface area contributed by atoms with Gasteiger partial charge in [0.25, 0.3) is 0 Å². The molecule has 1 heteroatoms. The van der Waals surface area contributed by atoms with Crippen molar-refractivity contribution in [1.29, 1.82) is 0 Å². The third-order valence-electron chi connectivity index (χ3n) is 9.51. The number of fused-ring (bicyclic) bond motifs is 1. The molecule has 4 rings (SSSR count). The van der Waals surface area contributed by atoms with Gasteiger partial charge in [0.1, 0.15) is 5.82 Å². The number of aryl methyl sites for hydroxylation is 1. The maximum Gasteiger partial charge on any atom is 0.126 e. The van der Waals surface area contributed by atoms with Crippen molar-refractivity contribution in [3.05, 3.63) is 47.3 Å². The second-order valence-corrected chi connectivity index (χ2v) is 11.5. The molecule has 0 spiro atoms. The van der Waals surface area contributed by atoms with E-state index in [2.05, 4.69) is 31.2 Å². The molecule has 0 saturated heterocycles. The number of hydrogen-bond acceptors (Lipinski definition) is 0. The van der Waals surface area contributed by atoms with Gasteiger partial charge in [-0.05, 0) is 130 Å². The largest absolute Gasteiger partial charge is 0.207 e. The Morgan fingerprint density at radius 1 is 0.875 bits per heavy atom. The molecule has 0 N–H and O–H groups in total. The highest BCUT2D eigenvalue weighted by Gasteiger charge is 2.38. The Morgan fingerprint density at radius 3 is 2.28 bits per heavy atom. The lowest BCUT2D eigenvalue weighted by molar-refractivity contribution is 0.0613. The third kappa shape index (κ3) is 6.06. The summed E-state index contributed by atoms with van der Waals surface area (Å²) in [5, 5.41) is 0. The summed E-state index contributed by atoms with van der Waals surface area (Å²) in [5.41, 5.74) is 2.13. The zero-order chi connectivity index (χ0) is 22.3. The SMILES string of the molecule is C/C=C/CCc1ccc(C2CCC(C3CCC4CC(CCCC)CCC4C3)CC2)c(F)c1. The Labute approximate surface area is 197 Å². The van der Waals surface area contributed by atoms with Crippen molar-refractivity contribution in [1.82, 2.24) is 0 Å². The summed E-state index contributed by atoms with van der Waals surface area (Å²) < 4.78 is 14.9. The monoisotopic (exact) mass is 438 g/mol. The minimum Gasteiger partial charge on any atom is -0.207 e. The van der Waals surface area contributed by atoms with Crippen LogP contribution in [-0.4, -0.2) is 0 Å². The van der Waals surface area contributed by atoms with E-state index in [1.165, 1.54) is 83.5 Å². The van der Waals surface area contributed by atoms with E-state index in [1.54, 1.807) is 0 Å². The van der Waals surface area contributed by atoms with Crippen molar-refractivity contribution in [3.63, 3.8) is 0 Å². The molecule has 0 bridgehead atoms. The van der Waals surface area contributed by atoms with Crippen LogP contribution in [0.1, 0.15) is 121 Å². The Hall–Kier alpha value is -1.11. The van der Waals surface area contributed by atoms with Gasteiger partial charge in [-0.3, -0.25) is 0 Å². The van der Waals surface area contributed by atoms with E-state index in [-0.39, 0.29) is 5.82 Å². The van der Waals surface area contributed by atoms with Crippen LogP contribution in [0, 0.1) is 35.4 Å². The first-order valence-electron chi connectivity index (χ1n) is 14.1. The van der Waals surface area contributed by atoms with Gasteiger partial charge in [0, 0.05) is 0 Å². The normalized spacial score (nSPS) is 33.3. The smallest absolute Gasteiger partial charge is 0.126 e. The number of hydrogen-bond donors (Lipinski definition) is 0. The van der Waals surface area contributed by atoms with Crippen LogP contribution in [0.15, 0.2) is 30.4 Å². The molecule has 0 amide bonds. The summed E-state index contributed by atoms with van der Waals surface area (Å²) >= 11 is 0. The average molecular weight is 439 g/mol. The van der Waals surface area contributed by atoms with Crippen LogP contribution in [-0.2, 0) is 6.42 Å². The van der Waals surface area contributed by atoms with Gasteiger partial charge in [-0.1, -0.05) is 56.9 Å². The van der Waals surface area contributed by atoms with Crippen LogP contribution >= 0.6 is 0 Å². The van der Waals surface area contributed by atoms with E-state index < -0.39 is 0 Å². The summed E-state index contributed by atoms with van der Waals surface area (Å²) in [5.74, 6) is 5.47. The zero-order valence-electron chi connectivity index (χ0n) is 20.8. The van der Waals surface area contributed by atoms with Gasteiger partial charge in [0.2, 0.25) is 0 Å². The standard InChI is InChI=1S/C31H47F/c1-3-5-7-9-24-11-19-30(31(32)21-24)26-15-13-25(14-16-26)28-18-17-27-20-23(8-6-4-2)10-12-29(27)22-28/h3,5,11,19,21,23,25-29H,4,6-10,12-18,20,22H2,1-2H3/b5-3+. The van der Waals surface area contributed by atoms with Gasteiger partial charge < -0.3 is 0 Å². The molecule has 1 aromatic carbocycles. The van der Waals surface area contributed by atoms with Crippen molar-refractivity contribution in [2.75, 3.05) is 0 Å². The number of rotatable bonds is 8. The van der Waals surface area contributed by atoms with Gasteiger partial charge in [-0.15, -0.1) is 0 Å². The fourth-order valence-electron chi connectivity index (χ4n) is 7.58. The summed E-state index contributed by atoms with van der Waals surface area (Å²) in [6.45, 7) is 4.38. The molecule has 4 unspecified atom stereocenters. The number of halogens is 1. The second-order valence-electron chi connectivity index (χ2n) is 11.5. The highest BCUT2D eigenvalue weighted by Crippen LogP contribution is 2.50. The van der Waals surface area contributed by atoms with Crippen molar-refractivity contribution < 1.29 is 4.39 Å². The first-order valence-corrected chi connectivity index (χ1v) is 14.1.